The maximum Gasteiger partial charge on any atom is 0.270 e. The minimum atomic E-state index is -4.28. The van der Waals surface area contributed by atoms with Crippen molar-refractivity contribution < 1.29 is 26.9 Å². The number of nitro benzene ring substituents is 1. The number of phenols is 1. The Bertz CT molecular complexity index is 1380. The first kappa shape index (κ1) is 23.2. The molecular formula is C21H20N2O7S2. The Balaban J connectivity index is 2.14. The molecule has 0 heterocycles. The van der Waals surface area contributed by atoms with Crippen LogP contribution in [0.5, 0.6) is 5.75 Å². The van der Waals surface area contributed by atoms with Crippen molar-refractivity contribution in [1.29, 1.82) is 0 Å². The summed E-state index contributed by atoms with van der Waals surface area (Å²) in [5.41, 5.74) is -0.292. The van der Waals surface area contributed by atoms with Crippen LogP contribution in [0.25, 0.3) is 0 Å². The molecule has 0 saturated carbocycles. The van der Waals surface area contributed by atoms with Crippen LogP contribution in [0.2, 0.25) is 0 Å². The van der Waals surface area contributed by atoms with Crippen LogP contribution in [0.15, 0.2) is 81.4 Å². The number of sulfonamides is 1. The Labute approximate surface area is 185 Å². The molecule has 9 nitrogen and oxygen atoms in total. The highest BCUT2D eigenvalue weighted by atomic mass is 32.2. The molecule has 0 aliphatic carbocycles. The molecule has 2 N–H and O–H groups in total. The zero-order valence-electron chi connectivity index (χ0n) is 17.1. The molecule has 0 aliphatic rings. The number of nitrogens with one attached hydrogen (secondary N) is 1. The molecule has 0 saturated heterocycles. The van der Waals surface area contributed by atoms with Crippen LogP contribution in [-0.2, 0) is 19.9 Å². The highest BCUT2D eigenvalue weighted by Crippen LogP contribution is 2.38. The Morgan fingerprint density at radius 2 is 1.53 bits per heavy atom. The van der Waals surface area contributed by atoms with Crippen molar-refractivity contribution in [3.05, 3.63) is 82.4 Å². The summed E-state index contributed by atoms with van der Waals surface area (Å²) in [4.78, 5) is 9.38. The van der Waals surface area contributed by atoms with Crippen molar-refractivity contribution in [1.82, 2.24) is 0 Å². The first-order chi connectivity index (χ1) is 14.9. The quantitative estimate of drug-likeness (QED) is 0.297. The molecule has 0 aliphatic heterocycles. The molecule has 3 aromatic carbocycles. The summed E-state index contributed by atoms with van der Waals surface area (Å²) < 4.78 is 54.2. The van der Waals surface area contributed by atoms with Crippen molar-refractivity contribution in [2.75, 3.05) is 4.72 Å². The van der Waals surface area contributed by atoms with Gasteiger partial charge in [0.15, 0.2) is 0 Å². The zero-order chi connectivity index (χ0) is 23.7. The van der Waals surface area contributed by atoms with E-state index in [9.17, 15) is 32.1 Å². The van der Waals surface area contributed by atoms with Crippen LogP contribution in [-0.4, -0.2) is 26.9 Å². The molecule has 0 atom stereocenters. The molecular weight excluding hydrogens is 456 g/mol. The Hall–Kier alpha value is -3.44. The second-order valence-electron chi connectivity index (χ2n) is 7.24. The van der Waals surface area contributed by atoms with Gasteiger partial charge >= 0.3 is 0 Å². The van der Waals surface area contributed by atoms with Gasteiger partial charge in [-0.15, -0.1) is 0 Å². The van der Waals surface area contributed by atoms with Crippen LogP contribution in [0.4, 0.5) is 11.4 Å². The van der Waals surface area contributed by atoms with E-state index in [4.69, 9.17) is 0 Å². The lowest BCUT2D eigenvalue weighted by molar-refractivity contribution is -0.385. The topological polar surface area (TPSA) is 144 Å². The lowest BCUT2D eigenvalue weighted by Gasteiger charge is -2.17. The van der Waals surface area contributed by atoms with Crippen molar-refractivity contribution >= 4 is 31.2 Å². The predicted molar refractivity (Wildman–Crippen MR) is 118 cm³/mol. The fourth-order valence-electron chi connectivity index (χ4n) is 3.04. The van der Waals surface area contributed by atoms with E-state index in [0.717, 1.165) is 18.2 Å². The molecule has 0 fully saturated rings. The van der Waals surface area contributed by atoms with Gasteiger partial charge in [0.2, 0.25) is 9.84 Å². The number of hydrogen-bond acceptors (Lipinski definition) is 7. The summed E-state index contributed by atoms with van der Waals surface area (Å²) in [6, 6.07) is 14.3. The highest BCUT2D eigenvalue weighted by Gasteiger charge is 2.27. The molecule has 3 aromatic rings. The van der Waals surface area contributed by atoms with Crippen LogP contribution < -0.4 is 4.72 Å². The van der Waals surface area contributed by atoms with Gasteiger partial charge in [0, 0.05) is 12.1 Å². The average Bonchev–Trinajstić information content (AvgIpc) is 2.75. The van der Waals surface area contributed by atoms with E-state index in [1.54, 1.807) is 19.9 Å². The summed E-state index contributed by atoms with van der Waals surface area (Å²) in [5.74, 6) is -0.802. The zero-order valence-corrected chi connectivity index (χ0v) is 18.7. The maximum absolute atomic E-state index is 13.1. The van der Waals surface area contributed by atoms with Gasteiger partial charge in [-0.05, 0) is 41.8 Å². The Morgan fingerprint density at radius 1 is 0.906 bits per heavy atom. The number of anilines is 1. The van der Waals surface area contributed by atoms with E-state index in [1.807, 2.05) is 0 Å². The second kappa shape index (κ2) is 8.60. The number of nitrogens with zero attached hydrogens (tertiary/aromatic N) is 1. The van der Waals surface area contributed by atoms with E-state index in [-0.39, 0.29) is 27.0 Å². The van der Waals surface area contributed by atoms with Gasteiger partial charge in [-0.2, -0.15) is 0 Å². The molecule has 0 radical (unpaired) electrons. The van der Waals surface area contributed by atoms with Crippen LogP contribution in [0.3, 0.4) is 0 Å². The minimum absolute atomic E-state index is 0.0660. The maximum atomic E-state index is 13.1. The van der Waals surface area contributed by atoms with Gasteiger partial charge < -0.3 is 5.11 Å². The number of aromatic hydroxyl groups is 1. The van der Waals surface area contributed by atoms with Crippen molar-refractivity contribution in [2.45, 2.75) is 34.5 Å². The molecule has 3 rings (SSSR count). The number of hydrogen-bond donors (Lipinski definition) is 2. The SMILES string of the molecule is CC(C)c1cc(NS(=O)(=O)c2cccc([N+](=O)[O-])c2)cc(S(=O)(=O)c2ccccc2)c1O. The highest BCUT2D eigenvalue weighted by molar-refractivity contribution is 7.93. The number of phenolic OH excluding ortho intramolecular Hbond substituents is 1. The molecule has 168 valence electrons. The largest absolute Gasteiger partial charge is 0.506 e. The number of rotatable bonds is 7. The smallest absolute Gasteiger partial charge is 0.270 e. The average molecular weight is 477 g/mol. The third kappa shape index (κ3) is 4.58. The normalized spacial score (nSPS) is 12.0. The van der Waals surface area contributed by atoms with Crippen LogP contribution >= 0.6 is 0 Å². The van der Waals surface area contributed by atoms with Gasteiger partial charge in [-0.25, -0.2) is 16.8 Å². The standard InChI is InChI=1S/C21H20N2O7S2/c1-14(2)19-11-15(22-32(29,30)18-10-6-7-16(13-18)23(25)26)12-20(21(19)24)31(27,28)17-8-4-3-5-9-17/h3-14,22,24H,1-2H3. The second-order valence-corrected chi connectivity index (χ2v) is 10.8. The Morgan fingerprint density at radius 3 is 2.12 bits per heavy atom. The number of nitro groups is 1. The van der Waals surface area contributed by atoms with Crippen LogP contribution in [0, 0.1) is 10.1 Å². The fourth-order valence-corrected chi connectivity index (χ4v) is 5.54. The first-order valence-electron chi connectivity index (χ1n) is 9.38. The van der Waals surface area contributed by atoms with E-state index in [0.29, 0.717) is 0 Å². The summed E-state index contributed by atoms with van der Waals surface area (Å²) >= 11 is 0. The summed E-state index contributed by atoms with van der Waals surface area (Å²) in [7, 11) is -8.44. The van der Waals surface area contributed by atoms with Gasteiger partial charge in [0.25, 0.3) is 15.7 Å². The van der Waals surface area contributed by atoms with E-state index in [2.05, 4.69) is 4.72 Å². The molecule has 11 heteroatoms. The minimum Gasteiger partial charge on any atom is -0.506 e. The number of benzene rings is 3. The number of sulfone groups is 1. The molecule has 0 bridgehead atoms. The monoisotopic (exact) mass is 476 g/mol. The molecule has 0 aromatic heterocycles. The van der Waals surface area contributed by atoms with Crippen molar-refractivity contribution in [3.8, 4) is 5.75 Å². The first-order valence-corrected chi connectivity index (χ1v) is 12.3. The van der Waals surface area contributed by atoms with Gasteiger partial charge in [-0.3, -0.25) is 14.8 Å². The predicted octanol–water partition coefficient (Wildman–Crippen LogP) is 4.06. The van der Waals surface area contributed by atoms with E-state index < -0.39 is 41.1 Å². The summed E-state index contributed by atoms with van der Waals surface area (Å²) in [5, 5.41) is 21.6. The van der Waals surface area contributed by atoms with E-state index in [1.165, 1.54) is 42.5 Å². The summed E-state index contributed by atoms with van der Waals surface area (Å²) in [6.07, 6.45) is 0. The van der Waals surface area contributed by atoms with Crippen molar-refractivity contribution in [2.24, 2.45) is 0 Å². The van der Waals surface area contributed by atoms with Crippen molar-refractivity contribution in [3.63, 3.8) is 0 Å². The molecule has 0 unspecified atom stereocenters. The third-order valence-electron chi connectivity index (χ3n) is 4.66. The lowest BCUT2D eigenvalue weighted by Crippen LogP contribution is -2.14. The molecule has 0 spiro atoms. The molecule has 32 heavy (non-hydrogen) atoms. The van der Waals surface area contributed by atoms with Gasteiger partial charge in [0.05, 0.1) is 20.4 Å². The van der Waals surface area contributed by atoms with Crippen LogP contribution in [0.1, 0.15) is 25.3 Å². The lowest BCUT2D eigenvalue weighted by atomic mass is 10.0. The third-order valence-corrected chi connectivity index (χ3v) is 7.82. The Kier molecular flexibility index (Phi) is 6.24. The number of non-ortho nitro benzene ring substituents is 1. The summed E-state index contributed by atoms with van der Waals surface area (Å²) in [6.45, 7) is 3.43. The van der Waals surface area contributed by atoms with Gasteiger partial charge in [-0.1, -0.05) is 38.1 Å². The fraction of sp³-hybridized carbons (Fsp3) is 0.143. The van der Waals surface area contributed by atoms with E-state index >= 15 is 0 Å². The molecule has 0 amide bonds. The van der Waals surface area contributed by atoms with Gasteiger partial charge in [0.1, 0.15) is 10.6 Å².